The van der Waals surface area contributed by atoms with Crippen LogP contribution in [-0.2, 0) is 10.0 Å². The Kier molecular flexibility index (Phi) is 4.41. The van der Waals surface area contributed by atoms with Crippen molar-refractivity contribution >= 4 is 26.0 Å². The van der Waals surface area contributed by atoms with E-state index in [0.717, 1.165) is 31.5 Å². The molecule has 0 aromatic heterocycles. The molecule has 1 aromatic rings. The molecule has 0 N–H and O–H groups in total. The molecule has 0 aliphatic carbocycles. The molecule has 0 saturated carbocycles. The van der Waals surface area contributed by atoms with Crippen LogP contribution in [0.5, 0.6) is 0 Å². The van der Waals surface area contributed by atoms with Gasteiger partial charge in [-0.2, -0.15) is 4.31 Å². The van der Waals surface area contributed by atoms with Gasteiger partial charge in [0.1, 0.15) is 0 Å². The Morgan fingerprint density at radius 1 is 1.19 bits per heavy atom. The summed E-state index contributed by atoms with van der Waals surface area (Å²) in [6.07, 6.45) is 3.22. The van der Waals surface area contributed by atoms with E-state index < -0.39 is 10.0 Å². The largest absolute Gasteiger partial charge is 0.299 e. The number of benzene rings is 1. The average Bonchev–Trinajstić information content (AvgIpc) is 2.75. The lowest BCUT2D eigenvalue weighted by Gasteiger charge is -2.25. The maximum atomic E-state index is 12.9. The van der Waals surface area contributed by atoms with Gasteiger partial charge in [-0.3, -0.25) is 4.90 Å². The monoisotopic (exact) mass is 372 g/mol. The lowest BCUT2D eigenvalue weighted by atomic mass is 10.2. The van der Waals surface area contributed by atoms with Gasteiger partial charge in [0.25, 0.3) is 0 Å². The molecule has 2 fully saturated rings. The first-order valence-electron chi connectivity index (χ1n) is 7.49. The van der Waals surface area contributed by atoms with Crippen LogP contribution in [0.1, 0.15) is 24.8 Å². The van der Waals surface area contributed by atoms with Crippen LogP contribution in [0.15, 0.2) is 27.6 Å². The van der Waals surface area contributed by atoms with Gasteiger partial charge in [-0.1, -0.05) is 6.07 Å². The summed E-state index contributed by atoms with van der Waals surface area (Å²) in [6, 6.07) is 5.84. The van der Waals surface area contributed by atoms with Crippen LogP contribution in [0, 0.1) is 6.92 Å². The molecule has 1 atom stereocenters. The quantitative estimate of drug-likeness (QED) is 0.800. The minimum atomic E-state index is -3.41. The van der Waals surface area contributed by atoms with Crippen molar-refractivity contribution in [2.45, 2.75) is 37.1 Å². The fraction of sp³-hybridized carbons (Fsp3) is 0.600. The molecular formula is C15H21BrN2O2S. The first-order valence-corrected chi connectivity index (χ1v) is 9.72. The van der Waals surface area contributed by atoms with Crippen molar-refractivity contribution < 1.29 is 8.42 Å². The number of hydrogen-bond acceptors (Lipinski definition) is 3. The molecule has 4 nitrogen and oxygen atoms in total. The summed E-state index contributed by atoms with van der Waals surface area (Å²) < 4.78 is 28.2. The van der Waals surface area contributed by atoms with Crippen LogP contribution in [0.25, 0.3) is 0 Å². The molecule has 0 radical (unpaired) electrons. The van der Waals surface area contributed by atoms with E-state index in [1.807, 2.05) is 19.1 Å². The molecule has 0 bridgehead atoms. The fourth-order valence-corrected chi connectivity index (χ4v) is 6.01. The second kappa shape index (κ2) is 5.99. The van der Waals surface area contributed by atoms with Crippen molar-refractivity contribution in [3.63, 3.8) is 0 Å². The third-order valence-electron chi connectivity index (χ3n) is 4.47. The highest BCUT2D eigenvalue weighted by Crippen LogP contribution is 2.29. The Morgan fingerprint density at radius 3 is 2.71 bits per heavy atom. The van der Waals surface area contributed by atoms with E-state index in [-0.39, 0.29) is 0 Å². The van der Waals surface area contributed by atoms with E-state index in [4.69, 9.17) is 0 Å². The van der Waals surface area contributed by atoms with Crippen LogP contribution in [-0.4, -0.2) is 49.8 Å². The molecule has 2 heterocycles. The Balaban J connectivity index is 1.90. The van der Waals surface area contributed by atoms with Crippen molar-refractivity contribution in [2.75, 3.05) is 26.2 Å². The molecule has 2 aliphatic heterocycles. The molecule has 1 aromatic carbocycles. The van der Waals surface area contributed by atoms with Gasteiger partial charge in [0, 0.05) is 23.6 Å². The Hall–Kier alpha value is -0.430. The predicted octanol–water partition coefficient (Wildman–Crippen LogP) is 2.62. The molecule has 2 aliphatic rings. The second-order valence-electron chi connectivity index (χ2n) is 5.98. The van der Waals surface area contributed by atoms with E-state index in [9.17, 15) is 8.42 Å². The van der Waals surface area contributed by atoms with Crippen LogP contribution in [0.4, 0.5) is 0 Å². The third-order valence-corrected chi connectivity index (χ3v) is 7.31. The van der Waals surface area contributed by atoms with Crippen molar-refractivity contribution in [3.05, 3.63) is 28.2 Å². The van der Waals surface area contributed by atoms with Crippen LogP contribution in [0.3, 0.4) is 0 Å². The summed E-state index contributed by atoms with van der Waals surface area (Å²) in [5.41, 5.74) is 1.05. The maximum absolute atomic E-state index is 12.9. The Labute approximate surface area is 135 Å². The average molecular weight is 373 g/mol. The van der Waals surface area contributed by atoms with Crippen molar-refractivity contribution in [1.29, 1.82) is 0 Å². The summed E-state index contributed by atoms with van der Waals surface area (Å²) in [4.78, 5) is 2.83. The number of halogens is 1. The molecular weight excluding hydrogens is 352 g/mol. The smallest absolute Gasteiger partial charge is 0.244 e. The first-order chi connectivity index (χ1) is 9.98. The number of aryl methyl sites for hydroxylation is 1. The van der Waals surface area contributed by atoms with Gasteiger partial charge in [-0.05, 0) is 72.9 Å². The number of hydrogen-bond donors (Lipinski definition) is 0. The molecule has 0 spiro atoms. The number of nitrogens with zero attached hydrogens (tertiary/aromatic N) is 2. The number of sulfonamides is 1. The van der Waals surface area contributed by atoms with Gasteiger partial charge < -0.3 is 0 Å². The van der Waals surface area contributed by atoms with E-state index in [1.165, 1.54) is 6.42 Å². The highest BCUT2D eigenvalue weighted by Gasteiger charge is 2.34. The highest BCUT2D eigenvalue weighted by atomic mass is 79.9. The maximum Gasteiger partial charge on any atom is 0.244 e. The lowest BCUT2D eigenvalue weighted by Crippen LogP contribution is -2.39. The van der Waals surface area contributed by atoms with Crippen LogP contribution in [0.2, 0.25) is 0 Å². The van der Waals surface area contributed by atoms with Gasteiger partial charge in [0.2, 0.25) is 10.0 Å². The number of fused-ring (bicyclic) bond motifs is 1. The number of rotatable bonds is 2. The van der Waals surface area contributed by atoms with Crippen molar-refractivity contribution in [1.82, 2.24) is 9.21 Å². The minimum absolute atomic E-state index is 0.388. The van der Waals surface area contributed by atoms with Gasteiger partial charge in [0.05, 0.1) is 4.90 Å². The molecule has 3 rings (SSSR count). The van der Waals surface area contributed by atoms with E-state index in [2.05, 4.69) is 20.8 Å². The molecule has 1 unspecified atom stereocenters. The van der Waals surface area contributed by atoms with Gasteiger partial charge in [-0.15, -0.1) is 0 Å². The Bertz CT molecular complexity index is 633. The molecule has 6 heteroatoms. The van der Waals surface area contributed by atoms with Crippen LogP contribution < -0.4 is 0 Å². The summed E-state index contributed by atoms with van der Waals surface area (Å²) >= 11 is 3.41. The topological polar surface area (TPSA) is 40.6 Å². The summed E-state index contributed by atoms with van der Waals surface area (Å²) in [5, 5.41) is 0. The summed E-state index contributed by atoms with van der Waals surface area (Å²) in [5.74, 6) is 0. The van der Waals surface area contributed by atoms with E-state index in [0.29, 0.717) is 28.5 Å². The van der Waals surface area contributed by atoms with Crippen LogP contribution >= 0.6 is 15.9 Å². The zero-order valence-corrected chi connectivity index (χ0v) is 14.7. The molecule has 116 valence electrons. The SMILES string of the molecule is Cc1ccc(S(=O)(=O)N2CCCN3CCCC3C2)c(Br)c1. The van der Waals surface area contributed by atoms with E-state index >= 15 is 0 Å². The summed E-state index contributed by atoms with van der Waals surface area (Å²) in [6.45, 7) is 5.35. The standard InChI is InChI=1S/C15H21BrN2O2S/c1-12-5-6-15(14(16)10-12)21(19,20)18-9-3-8-17-7-2-4-13(17)11-18/h5-6,10,13H,2-4,7-9,11H2,1H3. The summed E-state index contributed by atoms with van der Waals surface area (Å²) in [7, 11) is -3.41. The lowest BCUT2D eigenvalue weighted by molar-refractivity contribution is 0.257. The minimum Gasteiger partial charge on any atom is -0.299 e. The van der Waals surface area contributed by atoms with Crippen molar-refractivity contribution in [2.24, 2.45) is 0 Å². The van der Waals surface area contributed by atoms with Crippen molar-refractivity contribution in [3.8, 4) is 0 Å². The molecule has 21 heavy (non-hydrogen) atoms. The third kappa shape index (κ3) is 3.04. The zero-order valence-electron chi connectivity index (χ0n) is 12.3. The zero-order chi connectivity index (χ0) is 15.0. The van der Waals surface area contributed by atoms with Gasteiger partial charge in [0.15, 0.2) is 0 Å². The van der Waals surface area contributed by atoms with Gasteiger partial charge >= 0.3 is 0 Å². The highest BCUT2D eigenvalue weighted by molar-refractivity contribution is 9.10. The normalized spacial score (nSPS) is 24.8. The predicted molar refractivity (Wildman–Crippen MR) is 86.8 cm³/mol. The fourth-order valence-electron chi connectivity index (χ4n) is 3.35. The second-order valence-corrected chi connectivity index (χ2v) is 8.74. The van der Waals surface area contributed by atoms with Gasteiger partial charge in [-0.25, -0.2) is 8.42 Å². The molecule has 0 amide bonds. The van der Waals surface area contributed by atoms with E-state index in [1.54, 1.807) is 10.4 Å². The molecule has 2 saturated heterocycles. The Morgan fingerprint density at radius 2 is 1.95 bits per heavy atom. The first kappa shape index (κ1) is 15.5.